The first-order valence-electron chi connectivity index (χ1n) is 5.92. The first-order chi connectivity index (χ1) is 8.92. The van der Waals surface area contributed by atoms with Gasteiger partial charge in [0.15, 0.2) is 11.6 Å². The Bertz CT molecular complexity index is 527. The molecule has 6 heteroatoms. The summed E-state index contributed by atoms with van der Waals surface area (Å²) in [5.41, 5.74) is -0.329. The highest BCUT2D eigenvalue weighted by atomic mass is 32.2. The molecule has 2 rings (SSSR count). The SMILES string of the molecule is O=C(O)CC1(CS(=O)Cc2cccc(F)c2F)CC1. The molecule has 1 aromatic carbocycles. The van der Waals surface area contributed by atoms with Crippen molar-refractivity contribution in [3.05, 3.63) is 35.4 Å². The summed E-state index contributed by atoms with van der Waals surface area (Å²) in [7, 11) is -1.38. The molecule has 1 atom stereocenters. The van der Waals surface area contributed by atoms with Gasteiger partial charge in [-0.05, 0) is 24.3 Å². The van der Waals surface area contributed by atoms with Crippen molar-refractivity contribution >= 4 is 16.8 Å². The zero-order chi connectivity index (χ0) is 14.0. The number of benzene rings is 1. The lowest BCUT2D eigenvalue weighted by Crippen LogP contribution is -2.18. The minimum absolute atomic E-state index is 0.00955. The van der Waals surface area contributed by atoms with E-state index in [0.717, 1.165) is 18.9 Å². The van der Waals surface area contributed by atoms with E-state index in [1.165, 1.54) is 12.1 Å². The maximum Gasteiger partial charge on any atom is 0.303 e. The van der Waals surface area contributed by atoms with Gasteiger partial charge in [0, 0.05) is 22.1 Å². The van der Waals surface area contributed by atoms with Gasteiger partial charge in [-0.15, -0.1) is 0 Å². The summed E-state index contributed by atoms with van der Waals surface area (Å²) in [5, 5.41) is 8.76. The molecular formula is C13H14F2O3S. The fourth-order valence-electron chi connectivity index (χ4n) is 2.10. The molecule has 0 amide bonds. The van der Waals surface area contributed by atoms with Crippen LogP contribution in [0.15, 0.2) is 18.2 Å². The quantitative estimate of drug-likeness (QED) is 0.875. The molecule has 0 aromatic heterocycles. The van der Waals surface area contributed by atoms with Crippen LogP contribution in [-0.2, 0) is 21.3 Å². The Morgan fingerprint density at radius 2 is 2.05 bits per heavy atom. The normalized spacial score (nSPS) is 18.0. The Hall–Kier alpha value is -1.30. The molecule has 1 unspecified atom stereocenters. The van der Waals surface area contributed by atoms with Crippen LogP contribution >= 0.6 is 0 Å². The van der Waals surface area contributed by atoms with Gasteiger partial charge in [0.05, 0.1) is 12.2 Å². The molecule has 104 valence electrons. The minimum Gasteiger partial charge on any atom is -0.481 e. The predicted molar refractivity (Wildman–Crippen MR) is 67.0 cm³/mol. The third-order valence-corrected chi connectivity index (χ3v) is 4.87. The van der Waals surface area contributed by atoms with Crippen molar-refractivity contribution in [1.29, 1.82) is 0 Å². The van der Waals surface area contributed by atoms with Crippen molar-refractivity contribution in [2.75, 3.05) is 5.75 Å². The van der Waals surface area contributed by atoms with E-state index in [1.54, 1.807) is 0 Å². The molecule has 0 aliphatic heterocycles. The fraction of sp³-hybridized carbons (Fsp3) is 0.462. The Morgan fingerprint density at radius 3 is 2.63 bits per heavy atom. The molecule has 1 aliphatic rings. The van der Waals surface area contributed by atoms with Crippen LogP contribution in [0.5, 0.6) is 0 Å². The number of carboxylic acids is 1. The first kappa shape index (κ1) is 14.1. The molecule has 0 bridgehead atoms. The molecule has 0 saturated heterocycles. The summed E-state index contributed by atoms with van der Waals surface area (Å²) < 4.78 is 38.4. The number of aliphatic carboxylic acids is 1. The highest BCUT2D eigenvalue weighted by Crippen LogP contribution is 2.49. The van der Waals surface area contributed by atoms with Crippen LogP contribution in [0.2, 0.25) is 0 Å². The van der Waals surface area contributed by atoms with Gasteiger partial charge in [0.1, 0.15) is 0 Å². The molecule has 0 heterocycles. The lowest BCUT2D eigenvalue weighted by Gasteiger charge is -2.12. The summed E-state index contributed by atoms with van der Waals surface area (Å²) in [6.45, 7) is 0. The summed E-state index contributed by atoms with van der Waals surface area (Å²) in [4.78, 5) is 10.7. The van der Waals surface area contributed by atoms with Crippen molar-refractivity contribution in [3.8, 4) is 0 Å². The molecule has 3 nitrogen and oxygen atoms in total. The van der Waals surface area contributed by atoms with E-state index in [2.05, 4.69) is 0 Å². The number of carboxylic acid groups (broad SMARTS) is 1. The molecule has 0 radical (unpaired) electrons. The standard InChI is InChI=1S/C13H14F2O3S/c14-10-3-1-2-9(12(10)15)7-19(18)8-13(4-5-13)6-11(16)17/h1-3H,4-8H2,(H,16,17). The van der Waals surface area contributed by atoms with Gasteiger partial charge in [-0.3, -0.25) is 9.00 Å². The van der Waals surface area contributed by atoms with Crippen molar-refractivity contribution < 1.29 is 22.9 Å². The zero-order valence-electron chi connectivity index (χ0n) is 10.2. The van der Waals surface area contributed by atoms with Crippen LogP contribution in [0.1, 0.15) is 24.8 Å². The second-order valence-electron chi connectivity index (χ2n) is 5.01. The maximum absolute atomic E-state index is 13.4. The number of rotatable bonds is 6. The van der Waals surface area contributed by atoms with Crippen LogP contribution < -0.4 is 0 Å². The van der Waals surface area contributed by atoms with Gasteiger partial charge in [0.2, 0.25) is 0 Å². The van der Waals surface area contributed by atoms with Crippen LogP contribution in [0, 0.1) is 17.0 Å². The van der Waals surface area contributed by atoms with Crippen molar-refractivity contribution in [2.45, 2.75) is 25.0 Å². The topological polar surface area (TPSA) is 54.4 Å². The molecule has 19 heavy (non-hydrogen) atoms. The lowest BCUT2D eigenvalue weighted by molar-refractivity contribution is -0.138. The van der Waals surface area contributed by atoms with E-state index < -0.39 is 33.8 Å². The number of halogens is 2. The molecule has 1 saturated carbocycles. The maximum atomic E-state index is 13.4. The van der Waals surface area contributed by atoms with Gasteiger partial charge in [0.25, 0.3) is 0 Å². The Labute approximate surface area is 112 Å². The predicted octanol–water partition coefficient (Wildman–Crippen LogP) is 2.47. The lowest BCUT2D eigenvalue weighted by atomic mass is 10.1. The number of hydrogen-bond acceptors (Lipinski definition) is 2. The van der Waals surface area contributed by atoms with E-state index in [1.807, 2.05) is 0 Å². The van der Waals surface area contributed by atoms with Gasteiger partial charge in [-0.1, -0.05) is 12.1 Å². The molecule has 1 aliphatic carbocycles. The van der Waals surface area contributed by atoms with E-state index in [0.29, 0.717) is 0 Å². The van der Waals surface area contributed by atoms with Gasteiger partial charge < -0.3 is 5.11 Å². The Morgan fingerprint density at radius 1 is 1.37 bits per heavy atom. The third-order valence-electron chi connectivity index (χ3n) is 3.30. The van der Waals surface area contributed by atoms with Crippen LogP contribution in [0.3, 0.4) is 0 Å². The molecule has 0 spiro atoms. The Balaban J connectivity index is 1.98. The molecule has 1 N–H and O–H groups in total. The largest absolute Gasteiger partial charge is 0.481 e. The average Bonchev–Trinajstić information content (AvgIpc) is 3.03. The van der Waals surface area contributed by atoms with Crippen molar-refractivity contribution in [1.82, 2.24) is 0 Å². The van der Waals surface area contributed by atoms with Gasteiger partial charge in [-0.25, -0.2) is 8.78 Å². The molecule has 1 aromatic rings. The zero-order valence-corrected chi connectivity index (χ0v) is 11.0. The summed E-state index contributed by atoms with van der Waals surface area (Å²) in [6, 6.07) is 3.77. The number of hydrogen-bond donors (Lipinski definition) is 1. The molecular weight excluding hydrogens is 274 g/mol. The van der Waals surface area contributed by atoms with E-state index in [9.17, 15) is 17.8 Å². The summed E-state index contributed by atoms with van der Waals surface area (Å²) >= 11 is 0. The number of carbonyl (C=O) groups is 1. The van der Waals surface area contributed by atoms with Crippen LogP contribution in [0.25, 0.3) is 0 Å². The summed E-state index contributed by atoms with van der Waals surface area (Å²) in [5.74, 6) is -2.69. The van der Waals surface area contributed by atoms with E-state index in [4.69, 9.17) is 5.11 Å². The first-order valence-corrected chi connectivity index (χ1v) is 7.40. The minimum atomic E-state index is -1.38. The monoisotopic (exact) mass is 288 g/mol. The van der Waals surface area contributed by atoms with Crippen molar-refractivity contribution in [3.63, 3.8) is 0 Å². The average molecular weight is 288 g/mol. The highest BCUT2D eigenvalue weighted by Gasteiger charge is 2.45. The Kier molecular flexibility index (Phi) is 3.99. The summed E-state index contributed by atoms with van der Waals surface area (Å²) in [6.07, 6.45) is 1.46. The fourth-order valence-corrected chi connectivity index (χ4v) is 3.84. The second-order valence-corrected chi connectivity index (χ2v) is 6.47. The van der Waals surface area contributed by atoms with Crippen molar-refractivity contribution in [2.24, 2.45) is 5.41 Å². The van der Waals surface area contributed by atoms with E-state index >= 15 is 0 Å². The highest BCUT2D eigenvalue weighted by molar-refractivity contribution is 7.84. The van der Waals surface area contributed by atoms with E-state index in [-0.39, 0.29) is 23.5 Å². The molecule has 1 fully saturated rings. The van der Waals surface area contributed by atoms with Crippen LogP contribution in [0.4, 0.5) is 8.78 Å². The third kappa shape index (κ3) is 3.59. The second kappa shape index (κ2) is 5.36. The van der Waals surface area contributed by atoms with Gasteiger partial charge in [-0.2, -0.15) is 0 Å². The van der Waals surface area contributed by atoms with Gasteiger partial charge >= 0.3 is 5.97 Å². The van der Waals surface area contributed by atoms with Crippen LogP contribution in [-0.4, -0.2) is 21.0 Å². The smallest absolute Gasteiger partial charge is 0.303 e.